The van der Waals surface area contributed by atoms with Gasteiger partial charge in [0.25, 0.3) is 5.91 Å². The molecular formula is C20H22FNO6. The first kappa shape index (κ1) is 21.0. The largest absolute Gasteiger partial charge is 0.493 e. The Morgan fingerprint density at radius 1 is 1.04 bits per heavy atom. The second kappa shape index (κ2) is 9.59. The van der Waals surface area contributed by atoms with Gasteiger partial charge in [-0.3, -0.25) is 4.79 Å². The number of halogens is 1. The fraction of sp³-hybridized carbons (Fsp3) is 0.300. The van der Waals surface area contributed by atoms with Crippen molar-refractivity contribution in [3.63, 3.8) is 0 Å². The molecule has 150 valence electrons. The minimum absolute atomic E-state index is 0.0370. The number of amides is 1. The van der Waals surface area contributed by atoms with E-state index in [0.29, 0.717) is 11.5 Å². The lowest BCUT2D eigenvalue weighted by Crippen LogP contribution is -2.33. The average Bonchev–Trinajstić information content (AvgIpc) is 2.72. The van der Waals surface area contributed by atoms with Gasteiger partial charge in [-0.15, -0.1) is 0 Å². The van der Waals surface area contributed by atoms with Gasteiger partial charge >= 0.3 is 5.97 Å². The number of para-hydroxylation sites is 1. The Morgan fingerprint density at radius 3 is 2.25 bits per heavy atom. The van der Waals surface area contributed by atoms with Crippen LogP contribution in [0.5, 0.6) is 17.2 Å². The van der Waals surface area contributed by atoms with Crippen molar-refractivity contribution in [3.8, 4) is 17.2 Å². The van der Waals surface area contributed by atoms with Crippen LogP contribution >= 0.6 is 0 Å². The Balaban J connectivity index is 2.32. The first-order chi connectivity index (χ1) is 13.4. The number of hydrogen-bond donors (Lipinski definition) is 1. The Labute approximate surface area is 162 Å². The molecule has 0 aromatic heterocycles. The molecule has 0 saturated heterocycles. The van der Waals surface area contributed by atoms with Gasteiger partial charge in [-0.1, -0.05) is 19.1 Å². The molecule has 0 unspecified atom stereocenters. The Kier molecular flexibility index (Phi) is 7.20. The third kappa shape index (κ3) is 4.70. The molecule has 0 spiro atoms. The van der Waals surface area contributed by atoms with Crippen molar-refractivity contribution in [1.29, 1.82) is 0 Å². The highest BCUT2D eigenvalue weighted by atomic mass is 19.1. The van der Waals surface area contributed by atoms with Crippen LogP contribution in [0.1, 0.15) is 23.7 Å². The summed E-state index contributed by atoms with van der Waals surface area (Å²) in [6.45, 7) is 1.72. The number of benzene rings is 2. The highest BCUT2D eigenvalue weighted by Gasteiger charge is 2.24. The molecule has 0 bridgehead atoms. The molecule has 1 N–H and O–H groups in total. The summed E-state index contributed by atoms with van der Waals surface area (Å²) in [4.78, 5) is 24.8. The molecule has 7 nitrogen and oxygen atoms in total. The van der Waals surface area contributed by atoms with Crippen molar-refractivity contribution in [2.75, 3.05) is 26.6 Å². The molecule has 0 aliphatic heterocycles. The van der Waals surface area contributed by atoms with Gasteiger partial charge in [0.2, 0.25) is 0 Å². The van der Waals surface area contributed by atoms with E-state index in [4.69, 9.17) is 18.9 Å². The normalized spacial score (nSPS) is 11.3. The first-order valence-corrected chi connectivity index (χ1v) is 8.51. The van der Waals surface area contributed by atoms with Crippen molar-refractivity contribution in [2.24, 2.45) is 0 Å². The minimum Gasteiger partial charge on any atom is -0.493 e. The van der Waals surface area contributed by atoms with Crippen molar-refractivity contribution in [1.82, 2.24) is 0 Å². The molecule has 0 aliphatic carbocycles. The Morgan fingerprint density at radius 2 is 1.68 bits per heavy atom. The zero-order valence-electron chi connectivity index (χ0n) is 16.1. The van der Waals surface area contributed by atoms with Crippen LogP contribution in [0.15, 0.2) is 36.4 Å². The topological polar surface area (TPSA) is 83.1 Å². The fourth-order valence-electron chi connectivity index (χ4n) is 2.49. The number of esters is 1. The maximum absolute atomic E-state index is 13.8. The highest BCUT2D eigenvalue weighted by molar-refractivity contribution is 6.03. The Bertz CT molecular complexity index is 855. The molecule has 0 radical (unpaired) electrons. The van der Waals surface area contributed by atoms with Crippen LogP contribution in [-0.4, -0.2) is 39.3 Å². The fourth-order valence-corrected chi connectivity index (χ4v) is 2.49. The molecule has 0 heterocycles. The molecule has 0 aliphatic rings. The van der Waals surface area contributed by atoms with Crippen LogP contribution in [-0.2, 0) is 9.53 Å². The van der Waals surface area contributed by atoms with Gasteiger partial charge in [0.05, 0.1) is 32.6 Å². The molecule has 28 heavy (non-hydrogen) atoms. The van der Waals surface area contributed by atoms with Crippen LogP contribution in [0.3, 0.4) is 0 Å². The summed E-state index contributed by atoms with van der Waals surface area (Å²) in [5, 5.41) is 2.62. The van der Waals surface area contributed by atoms with Gasteiger partial charge in [-0.05, 0) is 18.6 Å². The monoisotopic (exact) mass is 391 g/mol. The van der Waals surface area contributed by atoms with E-state index >= 15 is 0 Å². The Hall–Kier alpha value is -3.29. The number of anilines is 1. The average molecular weight is 391 g/mol. The molecule has 1 amide bonds. The summed E-state index contributed by atoms with van der Waals surface area (Å²) < 4.78 is 34.5. The molecule has 2 rings (SSSR count). The molecule has 1 atom stereocenters. The molecule has 0 saturated carbocycles. The van der Waals surface area contributed by atoms with E-state index in [0.717, 1.165) is 0 Å². The zero-order chi connectivity index (χ0) is 20.7. The van der Waals surface area contributed by atoms with Gasteiger partial charge in [-0.25, -0.2) is 9.18 Å². The lowest BCUT2D eigenvalue weighted by Gasteiger charge is -2.19. The number of ether oxygens (including phenoxy) is 4. The van der Waals surface area contributed by atoms with Crippen LogP contribution < -0.4 is 19.5 Å². The van der Waals surface area contributed by atoms with Crippen molar-refractivity contribution in [3.05, 3.63) is 47.8 Å². The predicted octanol–water partition coefficient (Wildman–Crippen LogP) is 3.43. The number of carbonyl (C=O) groups excluding carboxylic acids is 2. The summed E-state index contributed by atoms with van der Waals surface area (Å²) >= 11 is 0. The highest BCUT2D eigenvalue weighted by Crippen LogP contribution is 2.34. The summed E-state index contributed by atoms with van der Waals surface area (Å²) in [6.07, 6.45) is -0.698. The maximum Gasteiger partial charge on any atom is 0.340 e. The van der Waals surface area contributed by atoms with E-state index in [-0.39, 0.29) is 23.4 Å². The smallest absolute Gasteiger partial charge is 0.340 e. The van der Waals surface area contributed by atoms with E-state index < -0.39 is 23.8 Å². The van der Waals surface area contributed by atoms with Crippen LogP contribution in [0.25, 0.3) is 0 Å². The second-order valence-corrected chi connectivity index (χ2v) is 5.68. The van der Waals surface area contributed by atoms with Crippen molar-refractivity contribution in [2.45, 2.75) is 19.4 Å². The van der Waals surface area contributed by atoms with Gasteiger partial charge < -0.3 is 24.3 Å². The first-order valence-electron chi connectivity index (χ1n) is 8.51. The summed E-state index contributed by atoms with van der Waals surface area (Å²) in [5.41, 5.74) is 0.235. The van der Waals surface area contributed by atoms with Gasteiger partial charge in [-0.2, -0.15) is 0 Å². The number of carbonyl (C=O) groups is 2. The summed E-state index contributed by atoms with van der Waals surface area (Å²) in [6, 6.07) is 8.64. The third-order valence-corrected chi connectivity index (χ3v) is 3.96. The molecular weight excluding hydrogens is 369 g/mol. The molecule has 2 aromatic carbocycles. The number of rotatable bonds is 8. The third-order valence-electron chi connectivity index (χ3n) is 3.96. The van der Waals surface area contributed by atoms with Crippen LogP contribution in [0.2, 0.25) is 0 Å². The number of methoxy groups -OCH3 is 3. The van der Waals surface area contributed by atoms with Crippen molar-refractivity contribution < 1.29 is 32.9 Å². The van der Waals surface area contributed by atoms with Crippen LogP contribution in [0, 0.1) is 5.82 Å². The molecule has 2 aromatic rings. The van der Waals surface area contributed by atoms with Gasteiger partial charge in [0, 0.05) is 12.1 Å². The quantitative estimate of drug-likeness (QED) is 0.695. The summed E-state index contributed by atoms with van der Waals surface area (Å²) in [5.74, 6) is -1.22. The lowest BCUT2D eigenvalue weighted by molar-refractivity contribution is -0.122. The minimum atomic E-state index is -0.976. The van der Waals surface area contributed by atoms with Gasteiger partial charge in [0.1, 0.15) is 0 Å². The maximum atomic E-state index is 13.8. The van der Waals surface area contributed by atoms with Crippen molar-refractivity contribution >= 4 is 17.6 Å². The van der Waals surface area contributed by atoms with Gasteiger partial charge in [0.15, 0.2) is 29.2 Å². The molecule has 0 fully saturated rings. The van der Waals surface area contributed by atoms with E-state index in [2.05, 4.69) is 5.32 Å². The van der Waals surface area contributed by atoms with E-state index in [1.54, 1.807) is 13.0 Å². The lowest BCUT2D eigenvalue weighted by atomic mass is 10.1. The van der Waals surface area contributed by atoms with E-state index in [1.165, 1.54) is 51.7 Å². The molecule has 8 heteroatoms. The van der Waals surface area contributed by atoms with E-state index in [9.17, 15) is 14.0 Å². The standard InChI is InChI=1S/C20H22FNO6/c1-5-15(28-16-9-7-6-8-13(16)21)19(23)22-14-11-18(26-3)17(25-2)10-12(14)20(24)27-4/h6-11,15H,5H2,1-4H3,(H,22,23)/t15-/m0/s1. The SMILES string of the molecule is CC[C@H](Oc1ccccc1F)C(=O)Nc1cc(OC)c(OC)cc1C(=O)OC. The number of hydrogen-bond acceptors (Lipinski definition) is 6. The van der Waals surface area contributed by atoms with E-state index in [1.807, 2.05) is 0 Å². The predicted molar refractivity (Wildman–Crippen MR) is 101 cm³/mol. The number of nitrogens with one attached hydrogen (secondary N) is 1. The zero-order valence-corrected chi connectivity index (χ0v) is 16.1. The van der Waals surface area contributed by atoms with Crippen LogP contribution in [0.4, 0.5) is 10.1 Å². The summed E-state index contributed by atoms with van der Waals surface area (Å²) in [7, 11) is 4.07. The second-order valence-electron chi connectivity index (χ2n) is 5.68.